The number of carbonyl (C=O) groups is 2. The van der Waals surface area contributed by atoms with E-state index in [4.69, 9.17) is 0 Å². The SMILES string of the molecule is Cc1cc(NC(=O)C2(C(=O)Nc3ccccc3)CC2)ccc1Br. The van der Waals surface area contributed by atoms with Crippen molar-refractivity contribution in [3.8, 4) is 0 Å². The molecule has 1 saturated carbocycles. The molecule has 0 aromatic heterocycles. The third-order valence-corrected chi connectivity index (χ3v) is 4.96. The van der Waals surface area contributed by atoms with Crippen molar-refractivity contribution in [3.63, 3.8) is 0 Å². The van der Waals surface area contributed by atoms with Crippen molar-refractivity contribution in [2.45, 2.75) is 19.8 Å². The first-order chi connectivity index (χ1) is 11.0. The fourth-order valence-electron chi connectivity index (χ4n) is 2.43. The van der Waals surface area contributed by atoms with E-state index < -0.39 is 5.41 Å². The van der Waals surface area contributed by atoms with Crippen LogP contribution < -0.4 is 10.6 Å². The number of para-hydroxylation sites is 1. The number of rotatable bonds is 4. The fraction of sp³-hybridized carbons (Fsp3) is 0.222. The Bertz CT molecular complexity index is 755. The van der Waals surface area contributed by atoms with E-state index in [1.54, 1.807) is 0 Å². The van der Waals surface area contributed by atoms with Gasteiger partial charge in [-0.2, -0.15) is 0 Å². The molecule has 118 valence electrons. The molecule has 0 heterocycles. The van der Waals surface area contributed by atoms with Crippen LogP contribution in [0.25, 0.3) is 0 Å². The summed E-state index contributed by atoms with van der Waals surface area (Å²) in [5, 5.41) is 5.68. The zero-order valence-corrected chi connectivity index (χ0v) is 14.3. The molecule has 0 spiro atoms. The van der Waals surface area contributed by atoms with Gasteiger partial charge in [-0.05, 0) is 55.7 Å². The first kappa shape index (κ1) is 15.7. The smallest absolute Gasteiger partial charge is 0.240 e. The van der Waals surface area contributed by atoms with Crippen LogP contribution in [0.1, 0.15) is 18.4 Å². The molecule has 2 aromatic carbocycles. The average Bonchev–Trinajstić information content (AvgIpc) is 3.34. The number of hydrogen-bond acceptors (Lipinski definition) is 2. The summed E-state index contributed by atoms with van der Waals surface area (Å²) in [4.78, 5) is 25.0. The Morgan fingerprint density at radius 2 is 1.57 bits per heavy atom. The van der Waals surface area contributed by atoms with Gasteiger partial charge in [0.25, 0.3) is 0 Å². The fourth-order valence-corrected chi connectivity index (χ4v) is 2.67. The summed E-state index contributed by atoms with van der Waals surface area (Å²) in [6.45, 7) is 1.95. The van der Waals surface area contributed by atoms with Crippen LogP contribution in [0.3, 0.4) is 0 Å². The van der Waals surface area contributed by atoms with Crippen LogP contribution in [-0.4, -0.2) is 11.8 Å². The highest BCUT2D eigenvalue weighted by Gasteiger charge is 2.56. The van der Waals surface area contributed by atoms with Crippen LogP contribution in [0.4, 0.5) is 11.4 Å². The molecule has 0 radical (unpaired) electrons. The lowest BCUT2D eigenvalue weighted by Crippen LogP contribution is -2.35. The molecule has 0 saturated heterocycles. The monoisotopic (exact) mass is 372 g/mol. The molecule has 4 nitrogen and oxygen atoms in total. The van der Waals surface area contributed by atoms with Gasteiger partial charge in [0.15, 0.2) is 0 Å². The van der Waals surface area contributed by atoms with Crippen molar-refractivity contribution in [1.82, 2.24) is 0 Å². The van der Waals surface area contributed by atoms with E-state index in [1.807, 2.05) is 55.5 Å². The second kappa shape index (κ2) is 6.16. The predicted octanol–water partition coefficient (Wildman–Crippen LogP) is 4.11. The van der Waals surface area contributed by atoms with E-state index in [9.17, 15) is 9.59 Å². The van der Waals surface area contributed by atoms with Gasteiger partial charge in [0.2, 0.25) is 11.8 Å². The van der Waals surface area contributed by atoms with Crippen molar-refractivity contribution in [3.05, 3.63) is 58.6 Å². The van der Waals surface area contributed by atoms with Crippen LogP contribution in [0.15, 0.2) is 53.0 Å². The third-order valence-electron chi connectivity index (χ3n) is 4.07. The van der Waals surface area contributed by atoms with Gasteiger partial charge in [-0.3, -0.25) is 9.59 Å². The van der Waals surface area contributed by atoms with Gasteiger partial charge < -0.3 is 10.6 Å². The predicted molar refractivity (Wildman–Crippen MR) is 94.2 cm³/mol. The van der Waals surface area contributed by atoms with Gasteiger partial charge in [-0.15, -0.1) is 0 Å². The van der Waals surface area contributed by atoms with Crippen LogP contribution in [-0.2, 0) is 9.59 Å². The molecule has 1 aliphatic carbocycles. The number of hydrogen-bond donors (Lipinski definition) is 2. The summed E-state index contributed by atoms with van der Waals surface area (Å²) in [6, 6.07) is 14.8. The molecule has 0 bridgehead atoms. The Morgan fingerprint density at radius 1 is 0.957 bits per heavy atom. The van der Waals surface area contributed by atoms with Crippen molar-refractivity contribution >= 4 is 39.1 Å². The molecule has 0 atom stereocenters. The van der Waals surface area contributed by atoms with E-state index in [0.717, 1.165) is 10.0 Å². The van der Waals surface area contributed by atoms with Gasteiger partial charge in [0, 0.05) is 15.8 Å². The van der Waals surface area contributed by atoms with Crippen LogP contribution >= 0.6 is 15.9 Å². The van der Waals surface area contributed by atoms with Crippen molar-refractivity contribution < 1.29 is 9.59 Å². The molecule has 0 unspecified atom stereocenters. The van der Waals surface area contributed by atoms with Gasteiger partial charge in [0.1, 0.15) is 5.41 Å². The topological polar surface area (TPSA) is 58.2 Å². The maximum atomic E-state index is 12.5. The van der Waals surface area contributed by atoms with Gasteiger partial charge in [-0.25, -0.2) is 0 Å². The highest BCUT2D eigenvalue weighted by molar-refractivity contribution is 9.10. The quantitative estimate of drug-likeness (QED) is 0.793. The van der Waals surface area contributed by atoms with E-state index in [0.29, 0.717) is 24.2 Å². The summed E-state index contributed by atoms with van der Waals surface area (Å²) in [5.41, 5.74) is 1.49. The molecule has 1 aliphatic rings. The number of aryl methyl sites for hydroxylation is 1. The van der Waals surface area contributed by atoms with Gasteiger partial charge >= 0.3 is 0 Å². The Kier molecular flexibility index (Phi) is 4.22. The maximum Gasteiger partial charge on any atom is 0.240 e. The van der Waals surface area contributed by atoms with Gasteiger partial charge in [-0.1, -0.05) is 34.1 Å². The van der Waals surface area contributed by atoms with Crippen LogP contribution in [0.5, 0.6) is 0 Å². The van der Waals surface area contributed by atoms with Crippen molar-refractivity contribution in [1.29, 1.82) is 0 Å². The Hall–Kier alpha value is -2.14. The van der Waals surface area contributed by atoms with E-state index in [-0.39, 0.29) is 11.8 Å². The lowest BCUT2D eigenvalue weighted by molar-refractivity contribution is -0.131. The lowest BCUT2D eigenvalue weighted by Gasteiger charge is -2.16. The summed E-state index contributed by atoms with van der Waals surface area (Å²) in [5.74, 6) is -0.484. The molecule has 0 aliphatic heterocycles. The number of anilines is 2. The highest BCUT2D eigenvalue weighted by Crippen LogP contribution is 2.47. The first-order valence-corrected chi connectivity index (χ1v) is 8.25. The maximum absolute atomic E-state index is 12.5. The summed E-state index contributed by atoms with van der Waals surface area (Å²) in [7, 11) is 0. The number of nitrogens with one attached hydrogen (secondary N) is 2. The molecule has 1 fully saturated rings. The Balaban J connectivity index is 1.70. The Labute approximate surface area is 143 Å². The zero-order chi connectivity index (χ0) is 16.4. The summed E-state index contributed by atoms with van der Waals surface area (Å²) < 4.78 is 0.985. The minimum absolute atomic E-state index is 0.241. The minimum atomic E-state index is -0.948. The number of benzene rings is 2. The largest absolute Gasteiger partial charge is 0.325 e. The van der Waals surface area contributed by atoms with Crippen LogP contribution in [0.2, 0.25) is 0 Å². The normalized spacial score (nSPS) is 14.9. The average molecular weight is 373 g/mol. The lowest BCUT2D eigenvalue weighted by atomic mass is 10.0. The molecular weight excluding hydrogens is 356 g/mol. The van der Waals surface area contributed by atoms with E-state index in [1.165, 1.54) is 0 Å². The van der Waals surface area contributed by atoms with Crippen molar-refractivity contribution in [2.24, 2.45) is 5.41 Å². The summed E-state index contributed by atoms with van der Waals surface area (Å²) in [6.07, 6.45) is 1.15. The Morgan fingerprint density at radius 3 is 2.13 bits per heavy atom. The van der Waals surface area contributed by atoms with Crippen molar-refractivity contribution in [2.75, 3.05) is 10.6 Å². The first-order valence-electron chi connectivity index (χ1n) is 7.45. The molecule has 5 heteroatoms. The highest BCUT2D eigenvalue weighted by atomic mass is 79.9. The number of amides is 2. The molecule has 23 heavy (non-hydrogen) atoms. The number of halogens is 1. The second-order valence-electron chi connectivity index (χ2n) is 5.82. The molecule has 2 aromatic rings. The van der Waals surface area contributed by atoms with Gasteiger partial charge in [0.05, 0.1) is 0 Å². The molecule has 3 rings (SSSR count). The molecule has 2 N–H and O–H groups in total. The van der Waals surface area contributed by atoms with E-state index in [2.05, 4.69) is 26.6 Å². The zero-order valence-electron chi connectivity index (χ0n) is 12.7. The third kappa shape index (κ3) is 3.29. The van der Waals surface area contributed by atoms with Crippen LogP contribution in [0, 0.1) is 12.3 Å². The summed E-state index contributed by atoms with van der Waals surface area (Å²) >= 11 is 3.43. The second-order valence-corrected chi connectivity index (χ2v) is 6.67. The number of carbonyl (C=O) groups excluding carboxylic acids is 2. The minimum Gasteiger partial charge on any atom is -0.325 e. The standard InChI is InChI=1S/C18H17BrN2O2/c1-12-11-14(7-8-15(12)19)21-17(23)18(9-10-18)16(22)20-13-5-3-2-4-6-13/h2-8,11H,9-10H2,1H3,(H,20,22)(H,21,23). The van der Waals surface area contributed by atoms with E-state index >= 15 is 0 Å². The molecular formula is C18H17BrN2O2. The molecule has 2 amide bonds.